The lowest BCUT2D eigenvalue weighted by Crippen LogP contribution is -2.41. The maximum absolute atomic E-state index is 5.60. The zero-order valence-corrected chi connectivity index (χ0v) is 11.0. The molecule has 0 saturated carbocycles. The molecule has 0 aromatic carbocycles. The summed E-state index contributed by atoms with van der Waals surface area (Å²) >= 11 is 0. The SMILES string of the molecule is C.C.CCCCN=C(N)NC(N)=NCCCC.Cl. The Morgan fingerprint density at radius 1 is 0.889 bits per heavy atom. The van der Waals surface area contributed by atoms with Crippen molar-refractivity contribution in [2.75, 3.05) is 13.1 Å². The molecule has 0 aliphatic heterocycles. The van der Waals surface area contributed by atoms with Crippen LogP contribution in [0.15, 0.2) is 9.98 Å². The number of hydrogen-bond donors (Lipinski definition) is 3. The Hall–Kier alpha value is -0.970. The molecular weight excluding hydrogens is 250 g/mol. The van der Waals surface area contributed by atoms with Gasteiger partial charge in [-0.25, -0.2) is 0 Å². The summed E-state index contributed by atoms with van der Waals surface area (Å²) in [4.78, 5) is 8.21. The summed E-state index contributed by atoms with van der Waals surface area (Å²) in [5.41, 5.74) is 11.2. The fourth-order valence-electron chi connectivity index (χ4n) is 0.926. The first-order valence-corrected chi connectivity index (χ1v) is 5.57. The molecule has 5 nitrogen and oxygen atoms in total. The lowest BCUT2D eigenvalue weighted by molar-refractivity contribution is 0.799. The van der Waals surface area contributed by atoms with Crippen molar-refractivity contribution >= 4 is 24.3 Å². The van der Waals surface area contributed by atoms with Gasteiger partial charge >= 0.3 is 0 Å². The highest BCUT2D eigenvalue weighted by atomic mass is 35.5. The van der Waals surface area contributed by atoms with Crippen LogP contribution in [-0.4, -0.2) is 25.0 Å². The van der Waals surface area contributed by atoms with Gasteiger partial charge in [-0.1, -0.05) is 41.5 Å². The predicted octanol–water partition coefficient (Wildman–Crippen LogP) is 2.50. The quantitative estimate of drug-likeness (QED) is 0.397. The largest absolute Gasteiger partial charge is 0.370 e. The van der Waals surface area contributed by atoms with E-state index in [-0.39, 0.29) is 27.3 Å². The zero-order chi connectivity index (χ0) is 11.5. The molecule has 0 aliphatic carbocycles. The van der Waals surface area contributed by atoms with Gasteiger partial charge in [-0.15, -0.1) is 12.4 Å². The van der Waals surface area contributed by atoms with E-state index in [1.54, 1.807) is 0 Å². The number of nitrogens with two attached hydrogens (primary N) is 2. The highest BCUT2D eigenvalue weighted by molar-refractivity contribution is 5.96. The average Bonchev–Trinajstić information content (AvgIpc) is 2.18. The van der Waals surface area contributed by atoms with E-state index in [2.05, 4.69) is 29.1 Å². The Labute approximate surface area is 119 Å². The Morgan fingerprint density at radius 3 is 1.50 bits per heavy atom. The van der Waals surface area contributed by atoms with Gasteiger partial charge in [0.25, 0.3) is 0 Å². The van der Waals surface area contributed by atoms with Gasteiger partial charge in [0.05, 0.1) is 0 Å². The van der Waals surface area contributed by atoms with E-state index in [0.717, 1.165) is 38.8 Å². The minimum Gasteiger partial charge on any atom is -0.370 e. The third-order valence-electron chi connectivity index (χ3n) is 1.84. The number of halogens is 1. The van der Waals surface area contributed by atoms with Crippen LogP contribution in [0.1, 0.15) is 54.4 Å². The maximum atomic E-state index is 5.60. The molecule has 0 rings (SSSR count). The average molecular weight is 282 g/mol. The second-order valence-corrected chi connectivity index (χ2v) is 3.37. The van der Waals surface area contributed by atoms with Crippen LogP contribution in [0.2, 0.25) is 0 Å². The minimum atomic E-state index is 0. The number of aliphatic imine (C=N–C) groups is 2. The molecule has 0 aromatic heterocycles. The van der Waals surface area contributed by atoms with Gasteiger partial charge in [0, 0.05) is 13.1 Å². The molecule has 0 fully saturated rings. The number of rotatable bonds is 6. The first-order valence-electron chi connectivity index (χ1n) is 5.57. The molecule has 0 aliphatic rings. The number of nitrogens with one attached hydrogen (secondary N) is 1. The number of guanidine groups is 2. The Bertz CT molecular complexity index is 195. The molecule has 0 spiro atoms. The molecule has 6 heteroatoms. The number of nitrogens with zero attached hydrogens (tertiary/aromatic N) is 2. The van der Waals surface area contributed by atoms with Gasteiger partial charge in [0.2, 0.25) is 0 Å². The molecule has 5 N–H and O–H groups in total. The van der Waals surface area contributed by atoms with E-state index in [4.69, 9.17) is 11.5 Å². The molecule has 0 unspecified atom stereocenters. The van der Waals surface area contributed by atoms with Crippen molar-refractivity contribution in [3.05, 3.63) is 0 Å². The van der Waals surface area contributed by atoms with Gasteiger partial charge < -0.3 is 11.5 Å². The molecule has 0 aromatic rings. The summed E-state index contributed by atoms with van der Waals surface area (Å²) < 4.78 is 0. The van der Waals surface area contributed by atoms with Crippen molar-refractivity contribution in [3.63, 3.8) is 0 Å². The number of hydrogen-bond acceptors (Lipinski definition) is 2. The van der Waals surface area contributed by atoms with Gasteiger partial charge in [-0.2, -0.15) is 0 Å². The fraction of sp³-hybridized carbons (Fsp3) is 0.833. The highest BCUT2D eigenvalue weighted by Crippen LogP contribution is 1.87. The molecule has 0 bridgehead atoms. The molecule has 0 radical (unpaired) electrons. The third-order valence-corrected chi connectivity index (χ3v) is 1.84. The van der Waals surface area contributed by atoms with Crippen LogP contribution in [0.4, 0.5) is 0 Å². The second-order valence-electron chi connectivity index (χ2n) is 3.37. The van der Waals surface area contributed by atoms with Crippen molar-refractivity contribution in [1.29, 1.82) is 0 Å². The Balaban J connectivity index is -0.000000327. The standard InChI is InChI=1S/C10H23N5.2CH4.ClH/c1-3-5-7-13-9(11)15-10(12)14-8-6-4-2;;;/h3-8H2,1-2H3,(H5,11,12,13,14,15);2*1H4;1H. The van der Waals surface area contributed by atoms with E-state index in [0.29, 0.717) is 11.9 Å². The van der Waals surface area contributed by atoms with Gasteiger partial charge in [0.15, 0.2) is 11.9 Å². The summed E-state index contributed by atoms with van der Waals surface area (Å²) in [6.07, 6.45) is 4.29. The fourth-order valence-corrected chi connectivity index (χ4v) is 0.926. The van der Waals surface area contributed by atoms with E-state index >= 15 is 0 Å². The first-order chi connectivity index (χ1) is 7.20. The summed E-state index contributed by atoms with van der Waals surface area (Å²) in [6.45, 7) is 5.69. The van der Waals surface area contributed by atoms with Crippen molar-refractivity contribution in [2.45, 2.75) is 54.4 Å². The minimum absolute atomic E-state index is 0. The monoisotopic (exact) mass is 281 g/mol. The van der Waals surface area contributed by atoms with Crippen LogP contribution in [-0.2, 0) is 0 Å². The van der Waals surface area contributed by atoms with Crippen LogP contribution in [0.25, 0.3) is 0 Å². The second kappa shape index (κ2) is 18.4. The van der Waals surface area contributed by atoms with Gasteiger partial charge in [0.1, 0.15) is 0 Å². The summed E-state index contributed by atoms with van der Waals surface area (Å²) in [5, 5.41) is 2.75. The first kappa shape index (κ1) is 25.8. The summed E-state index contributed by atoms with van der Waals surface area (Å²) in [5.74, 6) is 0.697. The van der Waals surface area contributed by atoms with Crippen molar-refractivity contribution in [2.24, 2.45) is 21.5 Å². The van der Waals surface area contributed by atoms with E-state index in [1.807, 2.05) is 0 Å². The highest BCUT2D eigenvalue weighted by Gasteiger charge is 1.93. The molecule has 112 valence electrons. The van der Waals surface area contributed by atoms with Crippen LogP contribution in [0.5, 0.6) is 0 Å². The topological polar surface area (TPSA) is 88.8 Å². The Morgan fingerprint density at radius 2 is 1.22 bits per heavy atom. The van der Waals surface area contributed by atoms with E-state index in [1.165, 1.54) is 0 Å². The number of unbranched alkanes of at least 4 members (excludes halogenated alkanes) is 2. The maximum Gasteiger partial charge on any atom is 0.195 e. The van der Waals surface area contributed by atoms with Crippen molar-refractivity contribution < 1.29 is 0 Å². The van der Waals surface area contributed by atoms with Crippen LogP contribution < -0.4 is 16.8 Å². The summed E-state index contributed by atoms with van der Waals surface area (Å²) in [7, 11) is 0. The van der Waals surface area contributed by atoms with Gasteiger partial charge in [-0.3, -0.25) is 15.3 Å². The molecule has 0 heterocycles. The molecule has 0 amide bonds. The lowest BCUT2D eigenvalue weighted by atomic mass is 10.3. The molecule has 0 saturated heterocycles. The van der Waals surface area contributed by atoms with E-state index < -0.39 is 0 Å². The normalized spacial score (nSPS) is 10.8. The molecular formula is C12H32ClN5. The zero-order valence-electron chi connectivity index (χ0n) is 10.2. The Kier molecular flexibility index (Phi) is 26.3. The molecule has 18 heavy (non-hydrogen) atoms. The third kappa shape index (κ3) is 17.4. The molecule has 0 atom stereocenters. The lowest BCUT2D eigenvalue weighted by Gasteiger charge is -2.04. The predicted molar refractivity (Wildman–Crippen MR) is 86.6 cm³/mol. The van der Waals surface area contributed by atoms with Crippen molar-refractivity contribution in [1.82, 2.24) is 5.32 Å². The van der Waals surface area contributed by atoms with Crippen LogP contribution in [0, 0.1) is 0 Å². The summed E-state index contributed by atoms with van der Waals surface area (Å²) in [6, 6.07) is 0. The smallest absolute Gasteiger partial charge is 0.195 e. The van der Waals surface area contributed by atoms with Crippen molar-refractivity contribution in [3.8, 4) is 0 Å². The van der Waals surface area contributed by atoms with Crippen LogP contribution in [0.3, 0.4) is 0 Å². The van der Waals surface area contributed by atoms with E-state index in [9.17, 15) is 0 Å². The van der Waals surface area contributed by atoms with Crippen LogP contribution >= 0.6 is 12.4 Å². The van der Waals surface area contributed by atoms with Gasteiger partial charge in [-0.05, 0) is 12.8 Å².